The molecule has 2 rings (SSSR count). The summed E-state index contributed by atoms with van der Waals surface area (Å²) < 4.78 is 38.5. The second-order valence-electron chi connectivity index (χ2n) is 5.05. The monoisotopic (exact) mass is 349 g/mol. The summed E-state index contributed by atoms with van der Waals surface area (Å²) in [6.45, 7) is 1.75. The number of halogens is 3. The third kappa shape index (κ3) is 4.90. The second-order valence-corrected chi connectivity index (χ2v) is 5.05. The Morgan fingerprint density at radius 1 is 1.00 bits per heavy atom. The van der Waals surface area contributed by atoms with Crippen LogP contribution in [0.1, 0.15) is 16.7 Å². The van der Waals surface area contributed by atoms with Crippen LogP contribution >= 0.6 is 0 Å². The van der Waals surface area contributed by atoms with Crippen LogP contribution in [0.3, 0.4) is 0 Å². The summed E-state index contributed by atoms with van der Waals surface area (Å²) in [7, 11) is 0. The number of hydrogen-bond donors (Lipinski definition) is 2. The van der Waals surface area contributed by atoms with Crippen LogP contribution in [-0.2, 0) is 15.8 Å². The maximum atomic E-state index is 12.8. The quantitative estimate of drug-likeness (QED) is 0.508. The first-order valence-corrected chi connectivity index (χ1v) is 7.15. The molecule has 5 nitrogen and oxygen atoms in total. The van der Waals surface area contributed by atoms with Crippen molar-refractivity contribution in [1.82, 2.24) is 5.43 Å². The Balaban J connectivity index is 2.02. The Morgan fingerprint density at radius 2 is 1.64 bits per heavy atom. The highest BCUT2D eigenvalue weighted by Crippen LogP contribution is 2.30. The van der Waals surface area contributed by atoms with E-state index in [4.69, 9.17) is 0 Å². The summed E-state index contributed by atoms with van der Waals surface area (Å²) in [5.74, 6) is -2.07. The minimum Gasteiger partial charge on any atom is -0.317 e. The Kier molecular flexibility index (Phi) is 5.53. The summed E-state index contributed by atoms with van der Waals surface area (Å²) in [6.07, 6.45) is -3.71. The maximum absolute atomic E-state index is 12.8. The standard InChI is InChI=1S/C17H14F3N3O2/c1-11-6-2-5-9-14(11)22-15(24)16(25)23-21-10-12-7-3-4-8-13(12)17(18,19)20/h2-10H,1H3,(H,22,24)(H,23,25)/b21-10+. The molecule has 0 unspecified atom stereocenters. The molecule has 0 radical (unpaired) electrons. The third-order valence-corrected chi connectivity index (χ3v) is 3.24. The average Bonchev–Trinajstić information content (AvgIpc) is 2.56. The van der Waals surface area contributed by atoms with E-state index in [2.05, 4.69) is 10.4 Å². The normalized spacial score (nSPS) is 11.4. The lowest BCUT2D eigenvalue weighted by molar-refractivity contribution is -0.137. The summed E-state index contributed by atoms with van der Waals surface area (Å²) in [5, 5.41) is 5.80. The van der Waals surface area contributed by atoms with Crippen LogP contribution in [-0.4, -0.2) is 18.0 Å². The van der Waals surface area contributed by atoms with Crippen molar-refractivity contribution >= 4 is 23.7 Å². The van der Waals surface area contributed by atoms with Gasteiger partial charge in [-0.1, -0.05) is 36.4 Å². The zero-order valence-electron chi connectivity index (χ0n) is 13.1. The number of carbonyl (C=O) groups is 2. The van der Waals surface area contributed by atoms with Gasteiger partial charge in [0.2, 0.25) is 0 Å². The number of aryl methyl sites for hydroxylation is 1. The first kappa shape index (κ1) is 18.2. The van der Waals surface area contributed by atoms with Gasteiger partial charge in [0.15, 0.2) is 0 Å². The van der Waals surface area contributed by atoms with Gasteiger partial charge in [-0.3, -0.25) is 9.59 Å². The Morgan fingerprint density at radius 3 is 2.32 bits per heavy atom. The van der Waals surface area contributed by atoms with Gasteiger partial charge in [0.05, 0.1) is 11.8 Å². The number of carbonyl (C=O) groups excluding carboxylic acids is 2. The molecule has 0 fully saturated rings. The van der Waals surface area contributed by atoms with Gasteiger partial charge in [-0.15, -0.1) is 0 Å². The summed E-state index contributed by atoms with van der Waals surface area (Å²) >= 11 is 0. The molecule has 0 atom stereocenters. The maximum Gasteiger partial charge on any atom is 0.417 e. The molecule has 2 amide bonds. The number of nitrogens with one attached hydrogen (secondary N) is 2. The van der Waals surface area contributed by atoms with Gasteiger partial charge in [0.1, 0.15) is 0 Å². The van der Waals surface area contributed by atoms with Crippen molar-refractivity contribution in [1.29, 1.82) is 0 Å². The minimum absolute atomic E-state index is 0.227. The van der Waals surface area contributed by atoms with Crippen molar-refractivity contribution in [2.24, 2.45) is 5.10 Å². The molecule has 2 N–H and O–H groups in total. The molecule has 0 aromatic heterocycles. The van der Waals surface area contributed by atoms with Crippen LogP contribution in [0.15, 0.2) is 53.6 Å². The molecule has 0 bridgehead atoms. The van der Waals surface area contributed by atoms with E-state index in [1.165, 1.54) is 18.2 Å². The van der Waals surface area contributed by atoms with Crippen LogP contribution in [0.4, 0.5) is 18.9 Å². The number of alkyl halides is 3. The van der Waals surface area contributed by atoms with E-state index in [-0.39, 0.29) is 5.56 Å². The first-order valence-electron chi connectivity index (χ1n) is 7.15. The summed E-state index contributed by atoms with van der Waals surface area (Å²) in [6, 6.07) is 11.6. The van der Waals surface area contributed by atoms with Crippen LogP contribution in [0.25, 0.3) is 0 Å². The lowest BCUT2D eigenvalue weighted by Gasteiger charge is -2.09. The number of anilines is 1. The molecule has 8 heteroatoms. The molecular formula is C17H14F3N3O2. The van der Waals surface area contributed by atoms with Gasteiger partial charge < -0.3 is 5.32 Å². The van der Waals surface area contributed by atoms with Crippen molar-refractivity contribution in [3.05, 3.63) is 65.2 Å². The van der Waals surface area contributed by atoms with Gasteiger partial charge in [0.25, 0.3) is 0 Å². The van der Waals surface area contributed by atoms with Crippen LogP contribution in [0.2, 0.25) is 0 Å². The largest absolute Gasteiger partial charge is 0.417 e. The molecule has 130 valence electrons. The van der Waals surface area contributed by atoms with Crippen LogP contribution < -0.4 is 10.7 Å². The molecular weight excluding hydrogens is 335 g/mol. The van der Waals surface area contributed by atoms with E-state index >= 15 is 0 Å². The van der Waals surface area contributed by atoms with Crippen LogP contribution in [0.5, 0.6) is 0 Å². The smallest absolute Gasteiger partial charge is 0.317 e. The number of nitrogens with zero attached hydrogens (tertiary/aromatic N) is 1. The van der Waals surface area contributed by atoms with E-state index in [0.717, 1.165) is 17.8 Å². The molecule has 0 saturated heterocycles. The molecule has 2 aromatic rings. The fourth-order valence-electron chi connectivity index (χ4n) is 1.97. The predicted octanol–water partition coefficient (Wildman–Crippen LogP) is 3.10. The second kappa shape index (κ2) is 7.61. The van der Waals surface area contributed by atoms with Crippen molar-refractivity contribution in [2.75, 3.05) is 5.32 Å². The molecule has 0 heterocycles. The van der Waals surface area contributed by atoms with Crippen molar-refractivity contribution in [3.63, 3.8) is 0 Å². The molecule has 0 saturated carbocycles. The first-order chi connectivity index (χ1) is 11.8. The van der Waals surface area contributed by atoms with Crippen LogP contribution in [0, 0.1) is 6.92 Å². The average molecular weight is 349 g/mol. The fourth-order valence-corrected chi connectivity index (χ4v) is 1.97. The Hall–Kier alpha value is -3.16. The third-order valence-electron chi connectivity index (χ3n) is 3.24. The highest BCUT2D eigenvalue weighted by Gasteiger charge is 2.32. The zero-order valence-corrected chi connectivity index (χ0v) is 13.1. The number of benzene rings is 2. The van der Waals surface area contributed by atoms with E-state index in [1.807, 2.05) is 5.43 Å². The molecule has 0 aliphatic heterocycles. The highest BCUT2D eigenvalue weighted by atomic mass is 19.4. The lowest BCUT2D eigenvalue weighted by atomic mass is 10.1. The summed E-state index contributed by atoms with van der Waals surface area (Å²) in [4.78, 5) is 23.4. The van der Waals surface area contributed by atoms with Gasteiger partial charge in [-0.25, -0.2) is 5.43 Å². The number of para-hydroxylation sites is 1. The number of hydrazone groups is 1. The topological polar surface area (TPSA) is 70.6 Å². The van der Waals surface area contributed by atoms with Gasteiger partial charge in [-0.05, 0) is 24.6 Å². The molecule has 0 aliphatic rings. The van der Waals surface area contributed by atoms with Gasteiger partial charge in [-0.2, -0.15) is 18.3 Å². The van der Waals surface area contributed by atoms with Crippen molar-refractivity contribution in [3.8, 4) is 0 Å². The van der Waals surface area contributed by atoms with Crippen molar-refractivity contribution < 1.29 is 22.8 Å². The molecule has 25 heavy (non-hydrogen) atoms. The Bertz CT molecular complexity index is 817. The van der Waals surface area contributed by atoms with E-state index in [0.29, 0.717) is 5.69 Å². The number of rotatable bonds is 3. The zero-order chi connectivity index (χ0) is 18.4. The van der Waals surface area contributed by atoms with Crippen molar-refractivity contribution in [2.45, 2.75) is 13.1 Å². The SMILES string of the molecule is Cc1ccccc1NC(=O)C(=O)N/N=C/c1ccccc1C(F)(F)F. The van der Waals surface area contributed by atoms with Gasteiger partial charge in [0, 0.05) is 11.3 Å². The van der Waals surface area contributed by atoms with E-state index in [1.54, 1.807) is 31.2 Å². The van der Waals surface area contributed by atoms with E-state index in [9.17, 15) is 22.8 Å². The Labute approximate surface area is 141 Å². The number of amides is 2. The predicted molar refractivity (Wildman–Crippen MR) is 87.0 cm³/mol. The fraction of sp³-hybridized carbons (Fsp3) is 0.118. The molecule has 0 spiro atoms. The summed E-state index contributed by atoms with van der Waals surface area (Å²) in [5.41, 5.74) is 1.99. The minimum atomic E-state index is -4.55. The molecule has 0 aliphatic carbocycles. The van der Waals surface area contributed by atoms with Gasteiger partial charge >= 0.3 is 18.0 Å². The highest BCUT2D eigenvalue weighted by molar-refractivity contribution is 6.39. The van der Waals surface area contributed by atoms with E-state index < -0.39 is 23.6 Å². The lowest BCUT2D eigenvalue weighted by Crippen LogP contribution is -2.32. The number of hydrogen-bond acceptors (Lipinski definition) is 3. The molecule has 2 aromatic carbocycles.